The maximum Gasteiger partial charge on any atom is 0.0726 e. The summed E-state index contributed by atoms with van der Waals surface area (Å²) >= 11 is 1.89. The van der Waals surface area contributed by atoms with Crippen LogP contribution < -0.4 is 14.9 Å². The largest absolute Gasteiger partial charge is 0.385 e. The molecule has 2 atom stereocenters. The molecule has 4 nitrogen and oxygen atoms in total. The Kier molecular flexibility index (Phi) is 7.95. The Morgan fingerprint density at radius 1 is 1.11 bits per heavy atom. The van der Waals surface area contributed by atoms with Crippen LogP contribution in [0.1, 0.15) is 58.9 Å². The van der Waals surface area contributed by atoms with Crippen molar-refractivity contribution in [2.75, 3.05) is 29.9 Å². The standard InChI is InChI=1S/C23H39N3OS/c1-16(2)28-25-21-8-6-20(7-9-21)13-24-23-11-10-22(12-17(23)3)26-14-18(4)27-19(5)15-26/h10-12,16,18-21,24-25H,6-9,13-15H2,1-5H3/t18-,19+,20-,21-. The SMILES string of the molecule is Cc1cc(N2C[C@@H](C)O[C@@H](C)C2)ccc1NC[C@H]1CC[C@H](NSC(C)C)CC1. The highest BCUT2D eigenvalue weighted by atomic mass is 32.2. The lowest BCUT2D eigenvalue weighted by Gasteiger charge is -2.37. The maximum absolute atomic E-state index is 5.87. The minimum absolute atomic E-state index is 0.297. The van der Waals surface area contributed by atoms with Gasteiger partial charge in [-0.25, -0.2) is 0 Å². The van der Waals surface area contributed by atoms with Gasteiger partial charge >= 0.3 is 0 Å². The van der Waals surface area contributed by atoms with Crippen LogP contribution in [0.4, 0.5) is 11.4 Å². The summed E-state index contributed by atoms with van der Waals surface area (Å²) < 4.78 is 9.52. The molecule has 1 aromatic carbocycles. The number of benzene rings is 1. The predicted molar refractivity (Wildman–Crippen MR) is 123 cm³/mol. The molecule has 1 saturated carbocycles. The number of ether oxygens (including phenoxy) is 1. The number of nitrogens with one attached hydrogen (secondary N) is 2. The minimum atomic E-state index is 0.297. The molecule has 2 N–H and O–H groups in total. The average Bonchev–Trinajstić information content (AvgIpc) is 2.65. The second kappa shape index (κ2) is 10.2. The Bertz CT molecular complexity index is 606. The highest BCUT2D eigenvalue weighted by Crippen LogP contribution is 2.29. The van der Waals surface area contributed by atoms with Gasteiger partial charge in [-0.05, 0) is 76.1 Å². The second-order valence-electron chi connectivity index (χ2n) is 9.04. The van der Waals surface area contributed by atoms with E-state index in [2.05, 4.69) is 67.8 Å². The van der Waals surface area contributed by atoms with Crippen LogP contribution in [0, 0.1) is 12.8 Å². The Balaban J connectivity index is 1.47. The molecule has 0 unspecified atom stereocenters. The molecule has 2 aliphatic rings. The van der Waals surface area contributed by atoms with Gasteiger partial charge in [0.15, 0.2) is 0 Å². The molecule has 5 heteroatoms. The van der Waals surface area contributed by atoms with Crippen LogP contribution in [0.15, 0.2) is 18.2 Å². The third-order valence-electron chi connectivity index (χ3n) is 5.89. The number of nitrogens with zero attached hydrogens (tertiary/aromatic N) is 1. The van der Waals surface area contributed by atoms with Gasteiger partial charge in [0.1, 0.15) is 0 Å². The van der Waals surface area contributed by atoms with Gasteiger partial charge in [-0.2, -0.15) is 0 Å². The number of rotatable bonds is 7. The van der Waals surface area contributed by atoms with Crippen LogP contribution in [0.3, 0.4) is 0 Å². The monoisotopic (exact) mass is 405 g/mol. The lowest BCUT2D eigenvalue weighted by Crippen LogP contribution is -2.45. The second-order valence-corrected chi connectivity index (χ2v) is 10.5. The lowest BCUT2D eigenvalue weighted by molar-refractivity contribution is -0.00521. The van der Waals surface area contributed by atoms with E-state index in [4.69, 9.17) is 4.74 Å². The van der Waals surface area contributed by atoms with Gasteiger partial charge in [-0.3, -0.25) is 4.72 Å². The summed E-state index contributed by atoms with van der Waals surface area (Å²) in [5.41, 5.74) is 3.95. The van der Waals surface area contributed by atoms with Crippen molar-refractivity contribution in [2.24, 2.45) is 5.92 Å². The van der Waals surface area contributed by atoms with Crippen molar-refractivity contribution in [1.29, 1.82) is 0 Å². The van der Waals surface area contributed by atoms with E-state index in [1.54, 1.807) is 0 Å². The summed E-state index contributed by atoms with van der Waals surface area (Å²) in [4.78, 5) is 2.46. The molecule has 2 fully saturated rings. The number of hydrogen-bond donors (Lipinski definition) is 2. The molecule has 3 rings (SSSR count). The molecule has 158 valence electrons. The van der Waals surface area contributed by atoms with Gasteiger partial charge in [-0.1, -0.05) is 25.8 Å². The zero-order valence-corrected chi connectivity index (χ0v) is 19.1. The van der Waals surface area contributed by atoms with Gasteiger partial charge in [0.25, 0.3) is 0 Å². The van der Waals surface area contributed by atoms with Crippen molar-refractivity contribution in [1.82, 2.24) is 4.72 Å². The number of aryl methyl sites for hydroxylation is 1. The van der Waals surface area contributed by atoms with Crippen LogP contribution >= 0.6 is 11.9 Å². The molecule has 0 amide bonds. The zero-order valence-electron chi connectivity index (χ0n) is 18.3. The van der Waals surface area contributed by atoms with Crippen LogP contribution in [-0.2, 0) is 4.74 Å². The van der Waals surface area contributed by atoms with E-state index in [0.717, 1.165) is 25.6 Å². The molecule has 28 heavy (non-hydrogen) atoms. The van der Waals surface area contributed by atoms with Gasteiger partial charge < -0.3 is 15.0 Å². The van der Waals surface area contributed by atoms with Gasteiger partial charge in [0.2, 0.25) is 0 Å². The Labute approximate surface area is 176 Å². The van der Waals surface area contributed by atoms with Crippen LogP contribution in [0.5, 0.6) is 0 Å². The van der Waals surface area contributed by atoms with Crippen molar-refractivity contribution in [3.05, 3.63) is 23.8 Å². The summed E-state index contributed by atoms with van der Waals surface area (Å²) in [6.07, 6.45) is 5.85. The number of hydrogen-bond acceptors (Lipinski definition) is 5. The van der Waals surface area contributed by atoms with E-state index >= 15 is 0 Å². The molecule has 1 aliphatic heterocycles. The maximum atomic E-state index is 5.87. The molecule has 0 spiro atoms. The van der Waals surface area contributed by atoms with Crippen LogP contribution in [0.2, 0.25) is 0 Å². The predicted octanol–water partition coefficient (Wildman–Crippen LogP) is 5.23. The summed E-state index contributed by atoms with van der Waals surface area (Å²) in [6.45, 7) is 14.1. The van der Waals surface area contributed by atoms with Crippen molar-refractivity contribution in [3.63, 3.8) is 0 Å². The topological polar surface area (TPSA) is 36.5 Å². The molecule has 1 saturated heterocycles. The summed E-state index contributed by atoms with van der Waals surface area (Å²) in [7, 11) is 0. The summed E-state index contributed by atoms with van der Waals surface area (Å²) in [5.74, 6) is 0.794. The first-order valence-corrected chi connectivity index (χ1v) is 11.9. The van der Waals surface area contributed by atoms with E-state index in [0.29, 0.717) is 23.5 Å². The normalized spacial score (nSPS) is 28.6. The summed E-state index contributed by atoms with van der Waals surface area (Å²) in [6, 6.07) is 7.56. The highest BCUT2D eigenvalue weighted by molar-refractivity contribution is 7.98. The van der Waals surface area contributed by atoms with Gasteiger partial charge in [-0.15, -0.1) is 0 Å². The van der Waals surface area contributed by atoms with E-state index in [1.807, 2.05) is 11.9 Å². The van der Waals surface area contributed by atoms with Crippen molar-refractivity contribution >= 4 is 23.3 Å². The molecule has 1 aromatic rings. The first-order chi connectivity index (χ1) is 13.4. The molecule has 0 bridgehead atoms. The first kappa shape index (κ1) is 21.8. The van der Waals surface area contributed by atoms with Crippen LogP contribution in [-0.4, -0.2) is 43.1 Å². The van der Waals surface area contributed by atoms with Crippen molar-refractivity contribution < 1.29 is 4.74 Å². The smallest absolute Gasteiger partial charge is 0.0726 e. The highest BCUT2D eigenvalue weighted by Gasteiger charge is 2.23. The molecule has 0 aromatic heterocycles. The van der Waals surface area contributed by atoms with Crippen molar-refractivity contribution in [2.45, 2.75) is 83.8 Å². The Hall–Kier alpha value is -0.910. The third kappa shape index (κ3) is 6.30. The van der Waals surface area contributed by atoms with E-state index < -0.39 is 0 Å². The Morgan fingerprint density at radius 3 is 2.39 bits per heavy atom. The Morgan fingerprint density at radius 2 is 1.79 bits per heavy atom. The minimum Gasteiger partial charge on any atom is -0.385 e. The first-order valence-electron chi connectivity index (χ1n) is 11.1. The van der Waals surface area contributed by atoms with Crippen LogP contribution in [0.25, 0.3) is 0 Å². The van der Waals surface area contributed by atoms with E-state index in [9.17, 15) is 0 Å². The zero-order chi connectivity index (χ0) is 20.1. The summed E-state index contributed by atoms with van der Waals surface area (Å²) in [5, 5.41) is 4.39. The average molecular weight is 406 g/mol. The van der Waals surface area contributed by atoms with E-state index in [-0.39, 0.29) is 0 Å². The quantitative estimate of drug-likeness (QED) is 0.608. The molecular weight excluding hydrogens is 366 g/mol. The molecule has 1 heterocycles. The fourth-order valence-corrected chi connectivity index (χ4v) is 5.10. The van der Waals surface area contributed by atoms with Gasteiger partial charge in [0.05, 0.1) is 12.2 Å². The number of anilines is 2. The molecular formula is C23H39N3OS. The van der Waals surface area contributed by atoms with Crippen molar-refractivity contribution in [3.8, 4) is 0 Å². The third-order valence-corrected chi connectivity index (χ3v) is 6.83. The molecule has 1 aliphatic carbocycles. The fourth-order valence-electron chi connectivity index (χ4n) is 4.40. The van der Waals surface area contributed by atoms with E-state index in [1.165, 1.54) is 42.6 Å². The fraction of sp³-hybridized carbons (Fsp3) is 0.739. The van der Waals surface area contributed by atoms with Gasteiger partial charge in [0, 0.05) is 42.3 Å². The molecule has 0 radical (unpaired) electrons. The number of morpholine rings is 1. The lowest BCUT2D eigenvalue weighted by atomic mass is 9.86.